The quantitative estimate of drug-likeness (QED) is 0.307. The Hall–Kier alpha value is -4.13. The van der Waals surface area contributed by atoms with E-state index >= 15 is 0 Å². The molecule has 1 aromatic heterocycles. The van der Waals surface area contributed by atoms with Gasteiger partial charge in [0.25, 0.3) is 0 Å². The molecular formula is C33H44N8O4. The Balaban J connectivity index is 1.08. The number of benzene rings is 2. The average Bonchev–Trinajstić information content (AvgIpc) is 3.54. The minimum absolute atomic E-state index is 0.166. The van der Waals surface area contributed by atoms with Gasteiger partial charge in [0.05, 0.1) is 30.7 Å². The Morgan fingerprint density at radius 3 is 2.53 bits per heavy atom. The molecule has 0 bridgehead atoms. The number of carbonyl (C=O) groups is 1. The van der Waals surface area contributed by atoms with Crippen molar-refractivity contribution in [3.63, 3.8) is 0 Å². The van der Waals surface area contributed by atoms with Gasteiger partial charge >= 0.3 is 0 Å². The molecule has 0 saturated carbocycles. The minimum Gasteiger partial charge on any atom is -0.495 e. The maximum Gasteiger partial charge on any atom is 0.248 e. The van der Waals surface area contributed by atoms with Crippen LogP contribution in [0.4, 0.5) is 23.0 Å². The van der Waals surface area contributed by atoms with Crippen LogP contribution in [0, 0.1) is 0 Å². The lowest BCUT2D eigenvalue weighted by Gasteiger charge is -2.42. The zero-order valence-corrected chi connectivity index (χ0v) is 26.2. The number of carbonyl (C=O) groups excluding carboxylic acids is 1. The van der Waals surface area contributed by atoms with Gasteiger partial charge < -0.3 is 40.3 Å². The van der Waals surface area contributed by atoms with Crippen LogP contribution < -0.4 is 25.4 Å². The molecule has 4 heterocycles. The van der Waals surface area contributed by atoms with Gasteiger partial charge in [-0.2, -0.15) is 0 Å². The predicted molar refractivity (Wildman–Crippen MR) is 175 cm³/mol. The molecule has 2 aromatic carbocycles. The third-order valence-electron chi connectivity index (χ3n) is 9.18. The first kappa shape index (κ1) is 30.9. The minimum atomic E-state index is -0.491. The Kier molecular flexibility index (Phi) is 9.53. The molecule has 3 fully saturated rings. The summed E-state index contributed by atoms with van der Waals surface area (Å²) in [6.07, 6.45) is 4.56. The standard InChI is InChI=1S/C33H44N8O4/c1-38-15-17-39(18-16-38)25-8-12-40(13-9-25)29-5-4-24(20-31(29)44-2)36-33-35-11-7-28(37-33)23-3-6-30(27(34)19-23)45-26-10-14-41(21-26)32(43)22-42/h3-7,11,19-20,25-26,42H,8-10,12-18,21-22,34H2,1-2H3,(H,35,36,37). The van der Waals surface area contributed by atoms with E-state index in [2.05, 4.69) is 38.1 Å². The van der Waals surface area contributed by atoms with Crippen molar-refractivity contribution in [2.45, 2.75) is 31.4 Å². The molecular weight excluding hydrogens is 572 g/mol. The van der Waals surface area contributed by atoms with E-state index in [1.165, 1.54) is 0 Å². The van der Waals surface area contributed by atoms with Gasteiger partial charge in [-0.25, -0.2) is 9.97 Å². The second kappa shape index (κ2) is 13.9. The largest absolute Gasteiger partial charge is 0.495 e. The lowest BCUT2D eigenvalue weighted by Crippen LogP contribution is -2.52. The number of likely N-dealkylation sites (N-methyl/N-ethyl adjacent to an activating group) is 1. The molecule has 0 radical (unpaired) electrons. The van der Waals surface area contributed by atoms with Gasteiger partial charge in [0.2, 0.25) is 11.9 Å². The van der Waals surface area contributed by atoms with E-state index in [4.69, 9.17) is 25.3 Å². The van der Waals surface area contributed by atoms with E-state index in [1.54, 1.807) is 18.2 Å². The van der Waals surface area contributed by atoms with E-state index in [0.717, 1.165) is 80.5 Å². The van der Waals surface area contributed by atoms with E-state index < -0.39 is 6.61 Å². The van der Waals surface area contributed by atoms with Crippen molar-refractivity contribution in [1.82, 2.24) is 24.7 Å². The maximum atomic E-state index is 11.8. The third kappa shape index (κ3) is 7.24. The van der Waals surface area contributed by atoms with Crippen molar-refractivity contribution in [3.8, 4) is 22.8 Å². The predicted octanol–water partition coefficient (Wildman–Crippen LogP) is 2.67. The van der Waals surface area contributed by atoms with Crippen LogP contribution in [0.5, 0.6) is 11.5 Å². The number of amides is 1. The summed E-state index contributed by atoms with van der Waals surface area (Å²) in [4.78, 5) is 30.0. The van der Waals surface area contributed by atoms with Crippen LogP contribution in [0.15, 0.2) is 48.7 Å². The Morgan fingerprint density at radius 1 is 1.00 bits per heavy atom. The average molecular weight is 617 g/mol. The van der Waals surface area contributed by atoms with Gasteiger partial charge in [-0.1, -0.05) is 0 Å². The molecule has 1 amide bonds. The number of hydrogen-bond donors (Lipinski definition) is 3. The lowest BCUT2D eigenvalue weighted by atomic mass is 10.0. The molecule has 45 heavy (non-hydrogen) atoms. The molecule has 4 N–H and O–H groups in total. The highest BCUT2D eigenvalue weighted by molar-refractivity contribution is 5.77. The van der Waals surface area contributed by atoms with Crippen molar-refractivity contribution in [2.75, 3.05) is 89.1 Å². The molecule has 3 aliphatic rings. The Morgan fingerprint density at radius 2 is 1.80 bits per heavy atom. The number of nitrogen functional groups attached to an aromatic ring is 1. The molecule has 1 unspecified atom stereocenters. The fraction of sp³-hybridized carbons (Fsp3) is 0.485. The molecule has 12 heteroatoms. The van der Waals surface area contributed by atoms with Gasteiger partial charge in [0.1, 0.15) is 24.2 Å². The Labute approximate surface area is 264 Å². The molecule has 6 rings (SSSR count). The number of piperazine rings is 1. The topological polar surface area (TPSA) is 133 Å². The first-order chi connectivity index (χ1) is 21.9. The number of nitrogens with two attached hydrogens (primary N) is 1. The van der Waals surface area contributed by atoms with E-state index in [9.17, 15) is 4.79 Å². The summed E-state index contributed by atoms with van der Waals surface area (Å²) >= 11 is 0. The van der Waals surface area contributed by atoms with Crippen LogP contribution in [0.25, 0.3) is 11.3 Å². The summed E-state index contributed by atoms with van der Waals surface area (Å²) in [5, 5.41) is 12.4. The van der Waals surface area contributed by atoms with Crippen LogP contribution in [0.1, 0.15) is 19.3 Å². The van der Waals surface area contributed by atoms with Crippen LogP contribution in [-0.4, -0.2) is 121 Å². The van der Waals surface area contributed by atoms with Gasteiger partial charge in [-0.3, -0.25) is 9.69 Å². The van der Waals surface area contributed by atoms with Crippen LogP contribution in [-0.2, 0) is 4.79 Å². The van der Waals surface area contributed by atoms with Crippen molar-refractivity contribution < 1.29 is 19.4 Å². The molecule has 1 atom stereocenters. The summed E-state index contributed by atoms with van der Waals surface area (Å²) in [5.74, 6) is 1.56. The lowest BCUT2D eigenvalue weighted by molar-refractivity contribution is -0.133. The maximum absolute atomic E-state index is 11.8. The number of rotatable bonds is 9. The number of aromatic nitrogens is 2. The number of likely N-dealkylation sites (tertiary alicyclic amines) is 1. The van der Waals surface area contributed by atoms with Crippen molar-refractivity contribution >= 4 is 28.9 Å². The van der Waals surface area contributed by atoms with E-state index in [1.807, 2.05) is 36.4 Å². The normalized spacial score (nSPS) is 19.9. The molecule has 240 valence electrons. The molecule has 3 aliphatic heterocycles. The van der Waals surface area contributed by atoms with Gasteiger partial charge in [0.15, 0.2) is 0 Å². The fourth-order valence-corrected chi connectivity index (χ4v) is 6.53. The second-order valence-corrected chi connectivity index (χ2v) is 12.1. The number of aliphatic hydroxyl groups excluding tert-OH is 1. The molecule has 3 aromatic rings. The number of piperidine rings is 1. The molecule has 3 saturated heterocycles. The highest BCUT2D eigenvalue weighted by Gasteiger charge is 2.29. The van der Waals surface area contributed by atoms with Crippen molar-refractivity contribution in [3.05, 3.63) is 48.7 Å². The number of hydrogen-bond acceptors (Lipinski definition) is 11. The third-order valence-corrected chi connectivity index (χ3v) is 9.18. The van der Waals surface area contributed by atoms with Gasteiger partial charge in [0, 0.05) is 81.8 Å². The summed E-state index contributed by atoms with van der Waals surface area (Å²) in [6.45, 7) is 7.17. The van der Waals surface area contributed by atoms with Crippen LogP contribution in [0.3, 0.4) is 0 Å². The van der Waals surface area contributed by atoms with E-state index in [0.29, 0.717) is 42.9 Å². The highest BCUT2D eigenvalue weighted by Crippen LogP contribution is 2.35. The van der Waals surface area contributed by atoms with Gasteiger partial charge in [-0.05, 0) is 56.3 Å². The monoisotopic (exact) mass is 616 g/mol. The fourth-order valence-electron chi connectivity index (χ4n) is 6.53. The molecule has 12 nitrogen and oxygen atoms in total. The Bertz CT molecular complexity index is 1470. The van der Waals surface area contributed by atoms with Crippen LogP contribution in [0.2, 0.25) is 0 Å². The van der Waals surface area contributed by atoms with Crippen molar-refractivity contribution in [2.24, 2.45) is 0 Å². The first-order valence-corrected chi connectivity index (χ1v) is 15.8. The number of aliphatic hydroxyl groups is 1. The SMILES string of the molecule is COc1cc(Nc2nccc(-c3ccc(OC4CCN(C(=O)CO)C4)c(N)c3)n2)ccc1N1CCC(N2CCN(C)CC2)CC1. The van der Waals surface area contributed by atoms with Gasteiger partial charge in [-0.15, -0.1) is 0 Å². The highest BCUT2D eigenvalue weighted by atomic mass is 16.5. The summed E-state index contributed by atoms with van der Waals surface area (Å²) < 4.78 is 11.9. The first-order valence-electron chi connectivity index (χ1n) is 15.8. The van der Waals surface area contributed by atoms with Crippen LogP contribution >= 0.6 is 0 Å². The zero-order valence-electron chi connectivity index (χ0n) is 26.2. The smallest absolute Gasteiger partial charge is 0.248 e. The van der Waals surface area contributed by atoms with E-state index in [-0.39, 0.29) is 12.0 Å². The number of ether oxygens (including phenoxy) is 2. The second-order valence-electron chi connectivity index (χ2n) is 12.1. The number of nitrogens with zero attached hydrogens (tertiary/aromatic N) is 6. The summed E-state index contributed by atoms with van der Waals surface area (Å²) in [5.41, 5.74) is 10.3. The number of methoxy groups -OCH3 is 1. The zero-order chi connectivity index (χ0) is 31.3. The molecule has 0 spiro atoms. The molecule has 0 aliphatic carbocycles. The summed E-state index contributed by atoms with van der Waals surface area (Å²) in [7, 11) is 3.92. The van der Waals surface area contributed by atoms with Crippen molar-refractivity contribution in [1.29, 1.82) is 0 Å². The number of nitrogens with one attached hydrogen (secondary N) is 1. The summed E-state index contributed by atoms with van der Waals surface area (Å²) in [6, 6.07) is 14.2. The number of anilines is 4.